The summed E-state index contributed by atoms with van der Waals surface area (Å²) in [6.07, 6.45) is 0. The molecule has 0 atom stereocenters. The molecule has 0 unspecified atom stereocenters. The molecule has 0 saturated heterocycles. The SMILES string of the molecule is Cc1ccc(S(=O)(=O)N(CC(=O)NN)c2ccc(Cl)cc2Cl)cc1. The minimum Gasteiger partial charge on any atom is -0.293 e. The molecule has 9 heteroatoms. The topological polar surface area (TPSA) is 92.5 Å². The van der Waals surface area contributed by atoms with E-state index in [1.165, 1.54) is 30.3 Å². The standard InChI is InChI=1S/C15H15Cl2N3O3S/c1-10-2-5-12(6-3-10)24(22,23)20(9-15(21)19-18)14-7-4-11(16)8-13(14)17/h2-8H,9,18H2,1H3,(H,19,21). The molecule has 24 heavy (non-hydrogen) atoms. The van der Waals surface area contributed by atoms with Gasteiger partial charge < -0.3 is 0 Å². The monoisotopic (exact) mass is 387 g/mol. The van der Waals surface area contributed by atoms with Crippen molar-refractivity contribution in [2.45, 2.75) is 11.8 Å². The summed E-state index contributed by atoms with van der Waals surface area (Å²) >= 11 is 12.0. The van der Waals surface area contributed by atoms with Crippen molar-refractivity contribution in [2.24, 2.45) is 5.84 Å². The van der Waals surface area contributed by atoms with Crippen LogP contribution < -0.4 is 15.6 Å². The summed E-state index contributed by atoms with van der Waals surface area (Å²) in [7, 11) is -4.02. The quantitative estimate of drug-likeness (QED) is 0.468. The number of nitrogens with two attached hydrogens (primary N) is 1. The van der Waals surface area contributed by atoms with E-state index < -0.39 is 22.5 Å². The number of aryl methyl sites for hydroxylation is 1. The second-order valence-electron chi connectivity index (χ2n) is 4.99. The van der Waals surface area contributed by atoms with Gasteiger partial charge in [0.1, 0.15) is 6.54 Å². The lowest BCUT2D eigenvalue weighted by Crippen LogP contribution is -2.43. The zero-order chi connectivity index (χ0) is 17.9. The molecular weight excluding hydrogens is 373 g/mol. The molecular formula is C15H15Cl2N3O3S. The van der Waals surface area contributed by atoms with Crippen molar-refractivity contribution in [3.05, 3.63) is 58.1 Å². The van der Waals surface area contributed by atoms with Gasteiger partial charge in [0.25, 0.3) is 15.9 Å². The maximum Gasteiger partial charge on any atom is 0.264 e. The number of amides is 1. The summed E-state index contributed by atoms with van der Waals surface area (Å²) in [5.41, 5.74) is 2.95. The van der Waals surface area contributed by atoms with Gasteiger partial charge in [-0.1, -0.05) is 40.9 Å². The number of hydrogen-bond donors (Lipinski definition) is 2. The fourth-order valence-corrected chi connectivity index (χ4v) is 4.00. The highest BCUT2D eigenvalue weighted by Gasteiger charge is 2.28. The fraction of sp³-hybridized carbons (Fsp3) is 0.133. The molecule has 0 aliphatic carbocycles. The van der Waals surface area contributed by atoms with Crippen LogP contribution in [0.5, 0.6) is 0 Å². The highest BCUT2D eigenvalue weighted by atomic mass is 35.5. The van der Waals surface area contributed by atoms with Gasteiger partial charge >= 0.3 is 0 Å². The molecule has 6 nitrogen and oxygen atoms in total. The third-order valence-corrected chi connectivity index (χ3v) is 5.55. The minimum atomic E-state index is -4.02. The number of sulfonamides is 1. The zero-order valence-corrected chi connectivity index (χ0v) is 15.0. The summed E-state index contributed by atoms with van der Waals surface area (Å²) in [6, 6.07) is 10.6. The van der Waals surface area contributed by atoms with Crippen molar-refractivity contribution < 1.29 is 13.2 Å². The fourth-order valence-electron chi connectivity index (χ4n) is 2.00. The van der Waals surface area contributed by atoms with Crippen LogP contribution in [0.25, 0.3) is 0 Å². The zero-order valence-electron chi connectivity index (χ0n) is 12.7. The van der Waals surface area contributed by atoms with Crippen molar-refractivity contribution in [1.29, 1.82) is 0 Å². The van der Waals surface area contributed by atoms with Crippen LogP contribution in [-0.2, 0) is 14.8 Å². The maximum absolute atomic E-state index is 12.9. The smallest absolute Gasteiger partial charge is 0.264 e. The summed E-state index contributed by atoms with van der Waals surface area (Å²) in [4.78, 5) is 11.7. The Kier molecular flexibility index (Phi) is 5.71. The van der Waals surface area contributed by atoms with E-state index >= 15 is 0 Å². The van der Waals surface area contributed by atoms with E-state index in [1.54, 1.807) is 12.1 Å². The van der Waals surface area contributed by atoms with E-state index in [4.69, 9.17) is 29.0 Å². The summed E-state index contributed by atoms with van der Waals surface area (Å²) in [5.74, 6) is 4.40. The number of carbonyl (C=O) groups excluding carboxylic acids is 1. The highest BCUT2D eigenvalue weighted by molar-refractivity contribution is 7.92. The predicted octanol–water partition coefficient (Wildman–Crippen LogP) is 2.49. The lowest BCUT2D eigenvalue weighted by molar-refractivity contribution is -0.119. The van der Waals surface area contributed by atoms with Crippen molar-refractivity contribution in [3.8, 4) is 0 Å². The molecule has 0 fully saturated rings. The minimum absolute atomic E-state index is 0.0314. The van der Waals surface area contributed by atoms with Gasteiger partial charge in [-0.15, -0.1) is 0 Å². The third kappa shape index (κ3) is 3.99. The van der Waals surface area contributed by atoms with Crippen molar-refractivity contribution in [1.82, 2.24) is 5.43 Å². The van der Waals surface area contributed by atoms with Gasteiger partial charge in [0, 0.05) is 5.02 Å². The maximum atomic E-state index is 12.9. The number of carbonyl (C=O) groups is 1. The molecule has 0 aliphatic rings. The molecule has 2 aromatic rings. The molecule has 2 rings (SSSR count). The van der Waals surface area contributed by atoms with E-state index in [-0.39, 0.29) is 15.6 Å². The number of hydrazine groups is 1. The Morgan fingerprint density at radius 3 is 2.33 bits per heavy atom. The van der Waals surface area contributed by atoms with Crippen LogP contribution in [0.1, 0.15) is 5.56 Å². The Bertz CT molecular complexity index is 855. The Morgan fingerprint density at radius 2 is 1.79 bits per heavy atom. The van der Waals surface area contributed by atoms with Gasteiger partial charge in [-0.3, -0.25) is 14.5 Å². The Hall–Kier alpha value is -1.80. The number of rotatable bonds is 5. The average Bonchev–Trinajstić information content (AvgIpc) is 2.53. The van der Waals surface area contributed by atoms with Crippen LogP contribution >= 0.6 is 23.2 Å². The number of nitrogens with zero attached hydrogens (tertiary/aromatic N) is 1. The Morgan fingerprint density at radius 1 is 1.17 bits per heavy atom. The second kappa shape index (κ2) is 7.40. The predicted molar refractivity (Wildman–Crippen MR) is 94.5 cm³/mol. The van der Waals surface area contributed by atoms with E-state index in [2.05, 4.69) is 0 Å². The van der Waals surface area contributed by atoms with Crippen LogP contribution in [0.2, 0.25) is 10.0 Å². The number of hydrogen-bond acceptors (Lipinski definition) is 4. The van der Waals surface area contributed by atoms with E-state index in [0.717, 1.165) is 9.87 Å². The third-order valence-electron chi connectivity index (χ3n) is 3.24. The van der Waals surface area contributed by atoms with E-state index in [9.17, 15) is 13.2 Å². The Balaban J connectivity index is 2.57. The summed E-state index contributed by atoms with van der Waals surface area (Å²) in [5, 5.41) is 0.447. The number of benzene rings is 2. The molecule has 0 saturated carbocycles. The number of anilines is 1. The molecule has 0 radical (unpaired) electrons. The molecule has 0 bridgehead atoms. The molecule has 0 spiro atoms. The largest absolute Gasteiger partial charge is 0.293 e. The first kappa shape index (κ1) is 18.5. The van der Waals surface area contributed by atoms with Crippen molar-refractivity contribution >= 4 is 44.8 Å². The van der Waals surface area contributed by atoms with Gasteiger partial charge in [0.15, 0.2) is 0 Å². The molecule has 0 aromatic heterocycles. The van der Waals surface area contributed by atoms with E-state index in [1.807, 2.05) is 12.3 Å². The average molecular weight is 388 g/mol. The first-order chi connectivity index (χ1) is 11.3. The Labute approximate surface area is 150 Å². The molecule has 3 N–H and O–H groups in total. The van der Waals surface area contributed by atoms with Crippen LogP contribution in [0.4, 0.5) is 5.69 Å². The lowest BCUT2D eigenvalue weighted by atomic mass is 10.2. The van der Waals surface area contributed by atoms with Gasteiger partial charge in [0.05, 0.1) is 15.6 Å². The molecule has 128 valence electrons. The number of halogens is 2. The number of nitrogens with one attached hydrogen (secondary N) is 1. The van der Waals surface area contributed by atoms with E-state index in [0.29, 0.717) is 5.02 Å². The summed E-state index contributed by atoms with van der Waals surface area (Å²) in [6.45, 7) is 1.32. The highest BCUT2D eigenvalue weighted by Crippen LogP contribution is 2.32. The van der Waals surface area contributed by atoms with Crippen LogP contribution in [0.15, 0.2) is 47.4 Å². The van der Waals surface area contributed by atoms with Gasteiger partial charge in [-0.25, -0.2) is 14.3 Å². The first-order valence-electron chi connectivity index (χ1n) is 6.79. The van der Waals surface area contributed by atoms with Crippen LogP contribution in [0.3, 0.4) is 0 Å². The lowest BCUT2D eigenvalue weighted by Gasteiger charge is -2.24. The van der Waals surface area contributed by atoms with Crippen LogP contribution in [-0.4, -0.2) is 20.9 Å². The first-order valence-corrected chi connectivity index (χ1v) is 8.99. The molecule has 2 aromatic carbocycles. The molecule has 0 aliphatic heterocycles. The molecule has 1 amide bonds. The van der Waals surface area contributed by atoms with Gasteiger partial charge in [-0.2, -0.15) is 0 Å². The van der Waals surface area contributed by atoms with Crippen molar-refractivity contribution in [2.75, 3.05) is 10.8 Å². The van der Waals surface area contributed by atoms with Crippen molar-refractivity contribution in [3.63, 3.8) is 0 Å². The summed E-state index contributed by atoms with van der Waals surface area (Å²) < 4.78 is 26.8. The molecule has 0 heterocycles. The van der Waals surface area contributed by atoms with Gasteiger partial charge in [-0.05, 0) is 37.3 Å². The van der Waals surface area contributed by atoms with Gasteiger partial charge in [0.2, 0.25) is 0 Å². The second-order valence-corrected chi connectivity index (χ2v) is 7.69. The normalized spacial score (nSPS) is 11.2. The van der Waals surface area contributed by atoms with Crippen LogP contribution in [0, 0.1) is 6.92 Å².